The van der Waals surface area contributed by atoms with Gasteiger partial charge in [-0.3, -0.25) is 9.48 Å². The molecule has 0 unspecified atom stereocenters. The number of likely N-dealkylation sites (tertiary alicyclic amines) is 1. The molecule has 1 saturated heterocycles. The van der Waals surface area contributed by atoms with Crippen molar-refractivity contribution in [3.63, 3.8) is 0 Å². The molecule has 0 radical (unpaired) electrons. The molecule has 1 aliphatic rings. The van der Waals surface area contributed by atoms with Crippen LogP contribution in [0.5, 0.6) is 0 Å². The lowest BCUT2D eigenvalue weighted by molar-refractivity contribution is -0.886. The fraction of sp³-hybridized carbons (Fsp3) is 0.400. The van der Waals surface area contributed by atoms with E-state index in [1.54, 1.807) is 27.1 Å². The molecular weight excluding hydrogens is 380 g/mol. The quantitative estimate of drug-likeness (QED) is 0.687. The van der Waals surface area contributed by atoms with Gasteiger partial charge in [-0.2, -0.15) is 5.10 Å². The first kappa shape index (κ1) is 18.5. The van der Waals surface area contributed by atoms with E-state index in [2.05, 4.69) is 17.2 Å². The van der Waals surface area contributed by atoms with Crippen molar-refractivity contribution in [3.05, 3.63) is 52.1 Å². The molecule has 0 spiro atoms. The van der Waals surface area contributed by atoms with Crippen molar-refractivity contribution in [2.24, 2.45) is 7.05 Å². The van der Waals surface area contributed by atoms with Crippen LogP contribution in [0.1, 0.15) is 28.2 Å². The molecule has 1 N–H and O–H groups in total. The van der Waals surface area contributed by atoms with Gasteiger partial charge >= 0.3 is 0 Å². The Balaban J connectivity index is 1.56. The van der Waals surface area contributed by atoms with E-state index in [4.69, 9.17) is 11.6 Å². The van der Waals surface area contributed by atoms with Crippen molar-refractivity contribution < 1.29 is 9.69 Å². The Morgan fingerprint density at radius 1 is 1.33 bits per heavy atom. The Kier molecular flexibility index (Phi) is 5.48. The normalized spacial score (nSPS) is 14.9. The molecule has 142 valence electrons. The van der Waals surface area contributed by atoms with Gasteiger partial charge in [0.15, 0.2) is 0 Å². The number of carbonyl (C=O) groups excluding carboxylic acids is 1. The van der Waals surface area contributed by atoms with Crippen LogP contribution in [0.3, 0.4) is 0 Å². The van der Waals surface area contributed by atoms with Crippen molar-refractivity contribution in [1.82, 2.24) is 14.7 Å². The lowest BCUT2D eigenvalue weighted by Crippen LogP contribution is -3.10. The van der Waals surface area contributed by atoms with Gasteiger partial charge in [-0.1, -0.05) is 29.8 Å². The number of fused-ring (bicyclic) bond motifs is 1. The first-order chi connectivity index (χ1) is 13.1. The maximum Gasteiger partial charge on any atom is 0.264 e. The van der Waals surface area contributed by atoms with E-state index in [0.29, 0.717) is 11.6 Å². The highest BCUT2D eigenvalue weighted by molar-refractivity contribution is 7.20. The summed E-state index contributed by atoms with van der Waals surface area (Å²) >= 11 is 7.86. The van der Waals surface area contributed by atoms with E-state index >= 15 is 0 Å². The molecule has 4 rings (SSSR count). The topological polar surface area (TPSA) is 42.6 Å². The summed E-state index contributed by atoms with van der Waals surface area (Å²) in [5.74, 6) is 0.0662. The molecule has 2 aromatic heterocycles. The predicted octanol–water partition coefficient (Wildman–Crippen LogP) is 2.61. The monoisotopic (exact) mass is 403 g/mol. The summed E-state index contributed by atoms with van der Waals surface area (Å²) < 4.78 is 2.84. The number of hydrogen-bond donors (Lipinski definition) is 1. The second kappa shape index (κ2) is 8.00. The summed E-state index contributed by atoms with van der Waals surface area (Å²) in [6.45, 7) is 4.54. The van der Waals surface area contributed by atoms with Gasteiger partial charge in [0.05, 0.1) is 42.6 Å². The van der Waals surface area contributed by atoms with Gasteiger partial charge < -0.3 is 9.80 Å². The lowest BCUT2D eigenvalue weighted by Gasteiger charge is -2.23. The number of nitrogens with one attached hydrogen (secondary N) is 1. The van der Waals surface area contributed by atoms with Gasteiger partial charge in [-0.05, 0) is 17.5 Å². The molecule has 3 aromatic rings. The van der Waals surface area contributed by atoms with Crippen molar-refractivity contribution in [1.29, 1.82) is 0 Å². The molecule has 27 heavy (non-hydrogen) atoms. The first-order valence-corrected chi connectivity index (χ1v) is 10.6. The maximum atomic E-state index is 13.3. The van der Waals surface area contributed by atoms with Crippen molar-refractivity contribution in [3.8, 4) is 0 Å². The zero-order valence-corrected chi connectivity index (χ0v) is 17.0. The van der Waals surface area contributed by atoms with E-state index in [1.807, 2.05) is 30.1 Å². The number of halogens is 1. The summed E-state index contributed by atoms with van der Waals surface area (Å²) in [6, 6.07) is 10.1. The average molecular weight is 404 g/mol. The molecule has 1 aliphatic heterocycles. The van der Waals surface area contributed by atoms with Crippen LogP contribution in [0.2, 0.25) is 5.02 Å². The Morgan fingerprint density at radius 3 is 2.81 bits per heavy atom. The number of thiophene rings is 1. The third-order valence-electron chi connectivity index (χ3n) is 5.16. The maximum absolute atomic E-state index is 13.3. The third kappa shape index (κ3) is 4.18. The fourth-order valence-corrected chi connectivity index (χ4v) is 4.98. The van der Waals surface area contributed by atoms with Crippen molar-refractivity contribution in [2.75, 3.05) is 26.2 Å². The highest BCUT2D eigenvalue weighted by Gasteiger charge is 2.23. The number of aromatic nitrogens is 2. The van der Waals surface area contributed by atoms with E-state index < -0.39 is 0 Å². The van der Waals surface area contributed by atoms with Gasteiger partial charge in [0.1, 0.15) is 5.69 Å². The van der Waals surface area contributed by atoms with Gasteiger partial charge in [0.2, 0.25) is 0 Å². The minimum absolute atomic E-state index is 0.0662. The number of aryl methyl sites for hydroxylation is 1. The van der Waals surface area contributed by atoms with E-state index in [-0.39, 0.29) is 5.91 Å². The summed E-state index contributed by atoms with van der Waals surface area (Å²) in [4.78, 5) is 17.6. The third-order valence-corrected chi connectivity index (χ3v) is 6.58. The van der Waals surface area contributed by atoms with Gasteiger partial charge in [0.25, 0.3) is 5.91 Å². The zero-order chi connectivity index (χ0) is 18.8. The molecule has 7 heteroatoms. The number of nitrogens with zero attached hydrogens (tertiary/aromatic N) is 3. The molecule has 1 fully saturated rings. The smallest absolute Gasteiger partial charge is 0.264 e. The summed E-state index contributed by atoms with van der Waals surface area (Å²) in [5, 5.41) is 6.16. The van der Waals surface area contributed by atoms with Crippen LogP contribution >= 0.6 is 22.9 Å². The van der Waals surface area contributed by atoms with E-state index in [1.165, 1.54) is 25.9 Å². The SMILES string of the molecule is Cn1cc(Cl)c(CN(CC[NH+]2CCCC2)C(=O)c2cc3ccccc3s2)n1. The minimum Gasteiger partial charge on any atom is -0.333 e. The molecule has 5 nitrogen and oxygen atoms in total. The number of amides is 1. The molecule has 0 bridgehead atoms. The molecule has 1 aromatic carbocycles. The van der Waals surface area contributed by atoms with Gasteiger partial charge in [-0.15, -0.1) is 11.3 Å². The zero-order valence-electron chi connectivity index (χ0n) is 15.4. The standard InChI is InChI=1S/C20H23ClN4OS/c1-23-13-16(21)17(22-23)14-25(11-10-24-8-4-5-9-24)20(26)19-12-15-6-2-3-7-18(15)27-19/h2-3,6-7,12-13H,4-5,8-11,14H2,1H3/p+1. The van der Waals surface area contributed by atoms with Crippen molar-refractivity contribution in [2.45, 2.75) is 19.4 Å². The van der Waals surface area contributed by atoms with Crippen molar-refractivity contribution >= 4 is 38.9 Å². The Bertz CT molecular complexity index is 912. The van der Waals surface area contributed by atoms with Crippen LogP contribution in [0.15, 0.2) is 36.5 Å². The van der Waals surface area contributed by atoms with E-state index in [0.717, 1.165) is 33.7 Å². The number of benzene rings is 1. The molecular formula is C20H24ClN4OS+. The second-order valence-corrected chi connectivity index (χ2v) is 8.67. The van der Waals surface area contributed by atoms with Gasteiger partial charge in [0, 0.05) is 30.8 Å². The Hall–Kier alpha value is -1.89. The predicted molar refractivity (Wildman–Crippen MR) is 110 cm³/mol. The highest BCUT2D eigenvalue weighted by Crippen LogP contribution is 2.27. The second-order valence-electron chi connectivity index (χ2n) is 7.18. The van der Waals surface area contributed by atoms with E-state index in [9.17, 15) is 4.79 Å². The fourth-order valence-electron chi connectivity index (χ4n) is 3.71. The molecule has 0 atom stereocenters. The summed E-state index contributed by atoms with van der Waals surface area (Å²) in [7, 11) is 1.85. The van der Waals surface area contributed by atoms with Crippen LogP contribution in [-0.2, 0) is 13.6 Å². The first-order valence-electron chi connectivity index (χ1n) is 9.39. The summed E-state index contributed by atoms with van der Waals surface area (Å²) in [6.07, 6.45) is 4.35. The minimum atomic E-state index is 0.0662. The molecule has 1 amide bonds. The molecule has 3 heterocycles. The highest BCUT2D eigenvalue weighted by atomic mass is 35.5. The molecule has 0 aliphatic carbocycles. The lowest BCUT2D eigenvalue weighted by atomic mass is 10.2. The van der Waals surface area contributed by atoms with Crippen LogP contribution in [-0.4, -0.2) is 46.8 Å². The number of hydrogen-bond acceptors (Lipinski definition) is 3. The average Bonchev–Trinajstić information content (AvgIpc) is 3.38. The van der Waals surface area contributed by atoms with Crippen LogP contribution in [0.4, 0.5) is 0 Å². The Labute approximate surface area is 168 Å². The number of quaternary nitrogens is 1. The molecule has 0 saturated carbocycles. The van der Waals surface area contributed by atoms with Crippen LogP contribution in [0.25, 0.3) is 10.1 Å². The largest absolute Gasteiger partial charge is 0.333 e. The Morgan fingerprint density at radius 2 is 2.11 bits per heavy atom. The summed E-state index contributed by atoms with van der Waals surface area (Å²) in [5.41, 5.74) is 0.755. The number of carbonyl (C=O) groups is 1. The van der Waals surface area contributed by atoms with Crippen LogP contribution in [0, 0.1) is 0 Å². The number of rotatable bonds is 6. The van der Waals surface area contributed by atoms with Crippen LogP contribution < -0.4 is 4.90 Å². The van der Waals surface area contributed by atoms with Gasteiger partial charge in [-0.25, -0.2) is 0 Å².